The molecule has 1 fully saturated rings. The molecule has 180 valence electrons. The van der Waals surface area contributed by atoms with E-state index in [9.17, 15) is 13.2 Å². The summed E-state index contributed by atoms with van der Waals surface area (Å²) in [6.07, 6.45) is -0.0136. The van der Waals surface area contributed by atoms with E-state index >= 15 is 0 Å². The molecular formula is C22H28N2O8S. The lowest BCUT2D eigenvalue weighted by Gasteiger charge is -2.26. The van der Waals surface area contributed by atoms with Crippen molar-refractivity contribution < 1.29 is 36.9 Å². The van der Waals surface area contributed by atoms with E-state index in [4.69, 9.17) is 23.7 Å². The summed E-state index contributed by atoms with van der Waals surface area (Å²) in [5.41, 5.74) is 0.877. The van der Waals surface area contributed by atoms with Gasteiger partial charge in [0.15, 0.2) is 11.5 Å². The Hall–Kier alpha value is -3.02. The van der Waals surface area contributed by atoms with Crippen molar-refractivity contribution in [3.63, 3.8) is 0 Å². The van der Waals surface area contributed by atoms with Gasteiger partial charge in [0.25, 0.3) is 0 Å². The summed E-state index contributed by atoms with van der Waals surface area (Å²) >= 11 is 0. The monoisotopic (exact) mass is 480 g/mol. The number of nitrogens with zero attached hydrogens (tertiary/aromatic N) is 1. The molecule has 10 nitrogen and oxygen atoms in total. The molecule has 1 aliphatic rings. The Morgan fingerprint density at radius 3 is 2.09 bits per heavy atom. The van der Waals surface area contributed by atoms with Gasteiger partial charge in [-0.1, -0.05) is 0 Å². The average Bonchev–Trinajstić information content (AvgIpc) is 2.83. The molecule has 1 aliphatic heterocycles. The Labute approximate surface area is 193 Å². The zero-order valence-electron chi connectivity index (χ0n) is 19.0. The molecule has 1 heterocycles. The van der Waals surface area contributed by atoms with Gasteiger partial charge in [-0.25, -0.2) is 8.42 Å². The van der Waals surface area contributed by atoms with Gasteiger partial charge in [-0.05, 0) is 35.9 Å². The number of hydrogen-bond acceptors (Lipinski definition) is 8. The fraction of sp³-hybridized carbons (Fsp3) is 0.409. The number of nitrogens with one attached hydrogen (secondary N) is 1. The third-order valence-corrected chi connectivity index (χ3v) is 7.04. The topological polar surface area (TPSA) is 113 Å². The van der Waals surface area contributed by atoms with Gasteiger partial charge in [-0.2, -0.15) is 4.31 Å². The van der Waals surface area contributed by atoms with Crippen molar-refractivity contribution >= 4 is 21.6 Å². The Kier molecular flexibility index (Phi) is 8.01. The van der Waals surface area contributed by atoms with E-state index in [-0.39, 0.29) is 36.0 Å². The molecule has 0 spiro atoms. The maximum absolute atomic E-state index is 13.0. The Morgan fingerprint density at radius 1 is 0.939 bits per heavy atom. The molecule has 0 bridgehead atoms. The first-order valence-electron chi connectivity index (χ1n) is 10.2. The lowest BCUT2D eigenvalue weighted by Crippen LogP contribution is -2.40. The molecule has 1 amide bonds. The van der Waals surface area contributed by atoms with E-state index in [0.717, 1.165) is 0 Å². The minimum atomic E-state index is -3.73. The number of methoxy groups -OCH3 is 4. The highest BCUT2D eigenvalue weighted by molar-refractivity contribution is 7.89. The van der Waals surface area contributed by atoms with Crippen LogP contribution in [0.25, 0.3) is 0 Å². The molecule has 1 saturated heterocycles. The summed E-state index contributed by atoms with van der Waals surface area (Å²) in [4.78, 5) is 12.9. The Bertz CT molecular complexity index is 1070. The van der Waals surface area contributed by atoms with Crippen LogP contribution in [0, 0.1) is 0 Å². The lowest BCUT2D eigenvalue weighted by molar-refractivity contribution is -0.115. The standard InChI is InChI=1S/C22H28N2O8S/c1-28-18-6-5-16(33(26,27)24-7-9-32-10-8-24)14-17(18)23-21(25)13-15-11-19(29-2)22(31-4)20(12-15)30-3/h5-6,11-12,14H,7-10,13H2,1-4H3,(H,23,25). The molecule has 33 heavy (non-hydrogen) atoms. The van der Waals surface area contributed by atoms with Crippen LogP contribution in [0.2, 0.25) is 0 Å². The Morgan fingerprint density at radius 2 is 1.55 bits per heavy atom. The van der Waals surface area contributed by atoms with Crippen LogP contribution in [0.5, 0.6) is 23.0 Å². The van der Waals surface area contributed by atoms with Gasteiger partial charge < -0.3 is 29.0 Å². The molecule has 0 atom stereocenters. The minimum absolute atomic E-state index is 0.0136. The second-order valence-corrected chi connectivity index (χ2v) is 9.08. The zero-order valence-corrected chi connectivity index (χ0v) is 19.9. The second kappa shape index (κ2) is 10.7. The van der Waals surface area contributed by atoms with E-state index < -0.39 is 10.0 Å². The highest BCUT2D eigenvalue weighted by Crippen LogP contribution is 2.38. The number of anilines is 1. The fourth-order valence-electron chi connectivity index (χ4n) is 3.50. The van der Waals surface area contributed by atoms with Gasteiger partial charge in [0, 0.05) is 13.1 Å². The van der Waals surface area contributed by atoms with Crippen LogP contribution in [-0.2, 0) is 26.0 Å². The van der Waals surface area contributed by atoms with Crippen LogP contribution in [0.4, 0.5) is 5.69 Å². The quantitative estimate of drug-likeness (QED) is 0.579. The average molecular weight is 481 g/mol. The summed E-state index contributed by atoms with van der Waals surface area (Å²) in [5, 5.41) is 2.74. The number of rotatable bonds is 9. The maximum Gasteiger partial charge on any atom is 0.243 e. The number of ether oxygens (including phenoxy) is 5. The summed E-state index contributed by atoms with van der Waals surface area (Å²) in [6.45, 7) is 1.23. The molecule has 2 aromatic carbocycles. The van der Waals surface area contributed by atoms with Crippen LogP contribution < -0.4 is 24.3 Å². The summed E-state index contributed by atoms with van der Waals surface area (Å²) in [6, 6.07) is 7.73. The van der Waals surface area contributed by atoms with E-state index in [1.165, 1.54) is 50.9 Å². The molecule has 3 rings (SSSR count). The Balaban J connectivity index is 1.84. The third-order valence-electron chi connectivity index (χ3n) is 5.14. The zero-order chi connectivity index (χ0) is 24.0. The predicted molar refractivity (Wildman–Crippen MR) is 121 cm³/mol. The van der Waals surface area contributed by atoms with Gasteiger partial charge in [0.05, 0.1) is 58.7 Å². The van der Waals surface area contributed by atoms with Crippen LogP contribution in [0.3, 0.4) is 0 Å². The first kappa shape index (κ1) is 24.6. The molecule has 11 heteroatoms. The van der Waals surface area contributed by atoms with E-state index in [2.05, 4.69) is 5.32 Å². The van der Waals surface area contributed by atoms with Crippen molar-refractivity contribution in [3.8, 4) is 23.0 Å². The molecular weight excluding hydrogens is 452 g/mol. The number of carbonyl (C=O) groups excluding carboxylic acids is 1. The lowest BCUT2D eigenvalue weighted by atomic mass is 10.1. The number of benzene rings is 2. The largest absolute Gasteiger partial charge is 0.495 e. The normalized spacial score (nSPS) is 14.4. The number of carbonyl (C=O) groups is 1. The van der Waals surface area contributed by atoms with Crippen molar-refractivity contribution in [1.29, 1.82) is 0 Å². The number of amides is 1. The molecule has 0 unspecified atom stereocenters. The van der Waals surface area contributed by atoms with Crippen LogP contribution >= 0.6 is 0 Å². The third kappa shape index (κ3) is 5.49. The van der Waals surface area contributed by atoms with Crippen molar-refractivity contribution in [2.75, 3.05) is 60.1 Å². The molecule has 0 radical (unpaired) electrons. The van der Waals surface area contributed by atoms with Crippen molar-refractivity contribution in [2.45, 2.75) is 11.3 Å². The molecule has 1 N–H and O–H groups in total. The fourth-order valence-corrected chi connectivity index (χ4v) is 4.93. The number of morpholine rings is 1. The van der Waals surface area contributed by atoms with E-state index in [1.54, 1.807) is 12.1 Å². The highest BCUT2D eigenvalue weighted by atomic mass is 32.2. The molecule has 0 aliphatic carbocycles. The van der Waals surface area contributed by atoms with Gasteiger partial charge >= 0.3 is 0 Å². The minimum Gasteiger partial charge on any atom is -0.495 e. The van der Waals surface area contributed by atoms with Crippen molar-refractivity contribution in [3.05, 3.63) is 35.9 Å². The molecule has 2 aromatic rings. The SMILES string of the molecule is COc1ccc(S(=O)(=O)N2CCOCC2)cc1NC(=O)Cc1cc(OC)c(OC)c(OC)c1. The predicted octanol–water partition coefficient (Wildman–Crippen LogP) is 1.92. The van der Waals surface area contributed by atoms with Crippen LogP contribution in [0.15, 0.2) is 35.2 Å². The van der Waals surface area contributed by atoms with Crippen molar-refractivity contribution in [1.82, 2.24) is 4.31 Å². The summed E-state index contributed by atoms with van der Waals surface area (Å²) in [7, 11) is 2.20. The molecule has 0 aromatic heterocycles. The van der Waals surface area contributed by atoms with Crippen LogP contribution in [-0.4, -0.2) is 73.4 Å². The van der Waals surface area contributed by atoms with E-state index in [0.29, 0.717) is 41.8 Å². The smallest absolute Gasteiger partial charge is 0.243 e. The van der Waals surface area contributed by atoms with Gasteiger partial charge in [0.1, 0.15) is 5.75 Å². The number of sulfonamides is 1. The summed E-state index contributed by atoms with van der Waals surface area (Å²) in [5.74, 6) is 1.25. The van der Waals surface area contributed by atoms with E-state index in [1.807, 2.05) is 0 Å². The van der Waals surface area contributed by atoms with Gasteiger partial charge in [-0.3, -0.25) is 4.79 Å². The number of hydrogen-bond donors (Lipinski definition) is 1. The molecule has 0 saturated carbocycles. The first-order chi connectivity index (χ1) is 15.8. The van der Waals surface area contributed by atoms with Gasteiger partial charge in [0.2, 0.25) is 21.7 Å². The second-order valence-electron chi connectivity index (χ2n) is 7.14. The van der Waals surface area contributed by atoms with Crippen LogP contribution in [0.1, 0.15) is 5.56 Å². The summed E-state index contributed by atoms with van der Waals surface area (Å²) < 4.78 is 53.9. The first-order valence-corrected chi connectivity index (χ1v) is 11.6. The van der Waals surface area contributed by atoms with Gasteiger partial charge in [-0.15, -0.1) is 0 Å². The highest BCUT2D eigenvalue weighted by Gasteiger charge is 2.27. The van der Waals surface area contributed by atoms with Crippen molar-refractivity contribution in [2.24, 2.45) is 0 Å². The maximum atomic E-state index is 13.0.